The van der Waals surface area contributed by atoms with E-state index in [1.54, 1.807) is 24.3 Å². The number of hydrogen-bond donors (Lipinski definition) is 1. The number of carbonyl (C=O) groups excluding carboxylic acids is 2. The van der Waals surface area contributed by atoms with Crippen LogP contribution in [-0.2, 0) is 0 Å². The van der Waals surface area contributed by atoms with Crippen LogP contribution in [0.5, 0.6) is 0 Å². The van der Waals surface area contributed by atoms with Crippen LogP contribution >= 0.6 is 11.5 Å². The molecule has 2 rings (SSSR count). The van der Waals surface area contributed by atoms with Gasteiger partial charge in [-0.15, -0.1) is 5.10 Å². The lowest BCUT2D eigenvalue weighted by molar-refractivity contribution is 0.101. The Kier molecular flexibility index (Phi) is 3.24. The number of benzene rings is 1. The third-order valence-electron chi connectivity index (χ3n) is 2.13. The fourth-order valence-electron chi connectivity index (χ4n) is 1.25. The van der Waals surface area contributed by atoms with E-state index >= 15 is 0 Å². The zero-order chi connectivity index (χ0) is 12.3. The summed E-state index contributed by atoms with van der Waals surface area (Å²) >= 11 is 1.03. The van der Waals surface area contributed by atoms with Crippen LogP contribution in [0, 0.1) is 0 Å². The van der Waals surface area contributed by atoms with E-state index in [1.807, 2.05) is 0 Å². The normalized spacial score (nSPS) is 9.94. The van der Waals surface area contributed by atoms with Crippen molar-refractivity contribution in [2.24, 2.45) is 0 Å². The van der Waals surface area contributed by atoms with Gasteiger partial charge in [-0.1, -0.05) is 4.49 Å². The maximum Gasteiger partial charge on any atom is 0.269 e. The van der Waals surface area contributed by atoms with Gasteiger partial charge in [0, 0.05) is 11.3 Å². The second-order valence-corrected chi connectivity index (χ2v) is 4.16. The lowest BCUT2D eigenvalue weighted by Gasteiger charge is -2.03. The molecular formula is C11H9N3O2S. The van der Waals surface area contributed by atoms with Crippen LogP contribution in [0.4, 0.5) is 5.69 Å². The first kappa shape index (κ1) is 11.4. The molecule has 0 unspecified atom stereocenters. The highest BCUT2D eigenvalue weighted by molar-refractivity contribution is 7.07. The average Bonchev–Trinajstić information content (AvgIpc) is 2.83. The van der Waals surface area contributed by atoms with Crippen LogP contribution in [-0.4, -0.2) is 21.3 Å². The van der Waals surface area contributed by atoms with Crippen LogP contribution < -0.4 is 5.32 Å². The van der Waals surface area contributed by atoms with Crippen molar-refractivity contribution in [3.63, 3.8) is 0 Å². The molecule has 6 heteroatoms. The molecule has 2 aromatic rings. The first-order valence-corrected chi connectivity index (χ1v) is 5.64. The standard InChI is InChI=1S/C11H9N3O2S/c1-7(15)8-2-4-9(5-3-8)13-11(16)10-6-12-14-17-10/h2-6H,1H3,(H,13,16). The van der Waals surface area contributed by atoms with Gasteiger partial charge in [-0.05, 0) is 42.7 Å². The summed E-state index contributed by atoms with van der Waals surface area (Å²) < 4.78 is 3.61. The van der Waals surface area contributed by atoms with Crippen molar-refractivity contribution < 1.29 is 9.59 Å². The predicted molar refractivity (Wildman–Crippen MR) is 64.3 cm³/mol. The number of Topliss-reactive ketones (excluding diaryl/α,β-unsaturated/α-hetero) is 1. The van der Waals surface area contributed by atoms with Crippen LogP contribution in [0.3, 0.4) is 0 Å². The third kappa shape index (κ3) is 2.73. The minimum Gasteiger partial charge on any atom is -0.321 e. The maximum absolute atomic E-state index is 11.6. The first-order valence-electron chi connectivity index (χ1n) is 4.86. The fourth-order valence-corrected chi connectivity index (χ4v) is 1.66. The Hall–Kier alpha value is -2.08. The summed E-state index contributed by atoms with van der Waals surface area (Å²) in [6, 6.07) is 6.71. The van der Waals surface area contributed by atoms with Crippen LogP contribution in [0.25, 0.3) is 0 Å². The first-order chi connectivity index (χ1) is 8.16. The Balaban J connectivity index is 2.09. The number of rotatable bonds is 3. The molecule has 1 aromatic carbocycles. The molecule has 1 heterocycles. The molecule has 0 aliphatic rings. The summed E-state index contributed by atoms with van der Waals surface area (Å²) in [5.41, 5.74) is 1.25. The Morgan fingerprint density at radius 2 is 1.94 bits per heavy atom. The molecule has 0 aliphatic carbocycles. The smallest absolute Gasteiger partial charge is 0.269 e. The Labute approximate surface area is 102 Å². The molecule has 1 aromatic heterocycles. The average molecular weight is 247 g/mol. The number of carbonyl (C=O) groups is 2. The summed E-state index contributed by atoms with van der Waals surface area (Å²) in [5, 5.41) is 6.28. The third-order valence-corrected chi connectivity index (χ3v) is 2.80. The highest BCUT2D eigenvalue weighted by atomic mass is 32.1. The van der Waals surface area contributed by atoms with Gasteiger partial charge in [0.15, 0.2) is 5.78 Å². The van der Waals surface area contributed by atoms with E-state index in [1.165, 1.54) is 13.1 Å². The van der Waals surface area contributed by atoms with Gasteiger partial charge < -0.3 is 5.32 Å². The van der Waals surface area contributed by atoms with Gasteiger partial charge >= 0.3 is 0 Å². The largest absolute Gasteiger partial charge is 0.321 e. The Morgan fingerprint density at radius 1 is 1.24 bits per heavy atom. The van der Waals surface area contributed by atoms with Gasteiger partial charge in [-0.3, -0.25) is 9.59 Å². The summed E-state index contributed by atoms with van der Waals surface area (Å²) in [5.74, 6) is -0.259. The summed E-state index contributed by atoms with van der Waals surface area (Å²) in [7, 11) is 0. The molecule has 0 bridgehead atoms. The van der Waals surface area contributed by atoms with Crippen LogP contribution in [0.15, 0.2) is 30.5 Å². The Morgan fingerprint density at radius 3 is 2.47 bits per heavy atom. The van der Waals surface area contributed by atoms with Gasteiger partial charge in [0.25, 0.3) is 5.91 Å². The Bertz CT molecular complexity index is 534. The van der Waals surface area contributed by atoms with Crippen molar-refractivity contribution in [2.45, 2.75) is 6.92 Å². The molecule has 0 fully saturated rings. The van der Waals surface area contributed by atoms with Crippen molar-refractivity contribution in [1.82, 2.24) is 9.59 Å². The minimum atomic E-state index is -0.254. The molecule has 0 aliphatic heterocycles. The second kappa shape index (κ2) is 4.84. The highest BCUT2D eigenvalue weighted by Gasteiger charge is 2.08. The molecule has 0 saturated heterocycles. The molecule has 5 nitrogen and oxygen atoms in total. The molecular weight excluding hydrogens is 238 g/mol. The van der Waals surface area contributed by atoms with E-state index < -0.39 is 0 Å². The topological polar surface area (TPSA) is 72.0 Å². The molecule has 86 valence electrons. The molecule has 1 amide bonds. The summed E-state index contributed by atoms with van der Waals surface area (Å²) in [6.07, 6.45) is 1.41. The molecule has 17 heavy (non-hydrogen) atoms. The summed E-state index contributed by atoms with van der Waals surface area (Å²) in [4.78, 5) is 23.2. The molecule has 0 atom stereocenters. The molecule has 0 radical (unpaired) electrons. The lowest BCUT2D eigenvalue weighted by Crippen LogP contribution is -2.10. The minimum absolute atomic E-state index is 0.00506. The number of amides is 1. The van der Waals surface area contributed by atoms with E-state index in [-0.39, 0.29) is 11.7 Å². The van der Waals surface area contributed by atoms with Gasteiger partial charge in [0.2, 0.25) is 0 Å². The lowest BCUT2D eigenvalue weighted by atomic mass is 10.1. The second-order valence-electron chi connectivity index (χ2n) is 3.37. The van der Waals surface area contributed by atoms with Crippen molar-refractivity contribution in [1.29, 1.82) is 0 Å². The van der Waals surface area contributed by atoms with E-state index in [4.69, 9.17) is 0 Å². The summed E-state index contributed by atoms with van der Waals surface area (Å²) in [6.45, 7) is 1.50. The van der Waals surface area contributed by atoms with Gasteiger partial charge in [0.05, 0.1) is 6.20 Å². The van der Waals surface area contributed by atoms with E-state index in [2.05, 4.69) is 14.9 Å². The SMILES string of the molecule is CC(=O)c1ccc(NC(=O)c2cnns2)cc1. The fraction of sp³-hybridized carbons (Fsp3) is 0.0909. The van der Waals surface area contributed by atoms with E-state index in [0.717, 1.165) is 11.5 Å². The van der Waals surface area contributed by atoms with Crippen molar-refractivity contribution in [3.8, 4) is 0 Å². The zero-order valence-corrected chi connectivity index (χ0v) is 9.82. The van der Waals surface area contributed by atoms with E-state index in [0.29, 0.717) is 16.1 Å². The monoisotopic (exact) mass is 247 g/mol. The number of nitrogens with one attached hydrogen (secondary N) is 1. The van der Waals surface area contributed by atoms with Crippen LogP contribution in [0.1, 0.15) is 27.0 Å². The zero-order valence-electron chi connectivity index (χ0n) is 9.01. The molecule has 1 N–H and O–H groups in total. The number of hydrogen-bond acceptors (Lipinski definition) is 5. The van der Waals surface area contributed by atoms with Gasteiger partial charge in [-0.25, -0.2) is 0 Å². The molecule has 0 spiro atoms. The number of aromatic nitrogens is 2. The molecule has 0 saturated carbocycles. The number of anilines is 1. The van der Waals surface area contributed by atoms with Crippen molar-refractivity contribution >= 4 is 28.9 Å². The number of nitrogens with zero attached hydrogens (tertiary/aromatic N) is 2. The maximum atomic E-state index is 11.6. The van der Waals surface area contributed by atoms with Crippen molar-refractivity contribution in [2.75, 3.05) is 5.32 Å². The van der Waals surface area contributed by atoms with E-state index in [9.17, 15) is 9.59 Å². The quantitative estimate of drug-likeness (QED) is 0.842. The van der Waals surface area contributed by atoms with Gasteiger partial charge in [-0.2, -0.15) is 0 Å². The number of ketones is 1. The van der Waals surface area contributed by atoms with Gasteiger partial charge in [0.1, 0.15) is 4.88 Å². The van der Waals surface area contributed by atoms with Crippen LogP contribution in [0.2, 0.25) is 0 Å². The van der Waals surface area contributed by atoms with Crippen molar-refractivity contribution in [3.05, 3.63) is 40.9 Å². The predicted octanol–water partition coefficient (Wildman–Crippen LogP) is 1.99. The highest BCUT2D eigenvalue weighted by Crippen LogP contribution is 2.12.